The molecule has 2 N–H and O–H groups in total. The Hall–Kier alpha value is -0.0800. The van der Waals surface area contributed by atoms with E-state index in [0.29, 0.717) is 0 Å². The highest BCUT2D eigenvalue weighted by Crippen LogP contribution is 2.23. The van der Waals surface area contributed by atoms with Crippen molar-refractivity contribution in [1.82, 2.24) is 4.90 Å². The fourth-order valence-electron chi connectivity index (χ4n) is 2.11. The maximum atomic E-state index is 6.17. The summed E-state index contributed by atoms with van der Waals surface area (Å²) in [6.45, 7) is 13.3. The summed E-state index contributed by atoms with van der Waals surface area (Å²) in [5.74, 6) is 0. The number of likely N-dealkylation sites (N-methyl/N-ethyl adjacent to an activating group) is 1. The second kappa shape index (κ2) is 5.61. The van der Waals surface area contributed by atoms with Crippen LogP contribution in [-0.4, -0.2) is 29.6 Å². The van der Waals surface area contributed by atoms with Gasteiger partial charge in [0.1, 0.15) is 0 Å². The van der Waals surface area contributed by atoms with E-state index in [4.69, 9.17) is 5.73 Å². The van der Waals surface area contributed by atoms with Gasteiger partial charge in [-0.25, -0.2) is 0 Å². The number of nitrogens with two attached hydrogens (primary N) is 1. The third-order valence-corrected chi connectivity index (χ3v) is 3.44. The molecule has 0 aromatic carbocycles. The smallest absolute Gasteiger partial charge is 0.0329 e. The molecular formula is C11H26N2. The van der Waals surface area contributed by atoms with E-state index in [1.165, 1.54) is 0 Å². The Kier molecular flexibility index (Phi) is 5.57. The molecule has 0 aliphatic rings. The van der Waals surface area contributed by atoms with E-state index in [0.717, 1.165) is 25.9 Å². The van der Waals surface area contributed by atoms with Crippen LogP contribution in [0.25, 0.3) is 0 Å². The van der Waals surface area contributed by atoms with Gasteiger partial charge in [-0.2, -0.15) is 0 Å². The zero-order chi connectivity index (χ0) is 10.5. The minimum atomic E-state index is 0.179. The maximum absolute atomic E-state index is 6.17. The van der Waals surface area contributed by atoms with Gasteiger partial charge in [0.25, 0.3) is 0 Å². The normalized spacial score (nSPS) is 18.7. The summed E-state index contributed by atoms with van der Waals surface area (Å²) in [6, 6.07) is 0.289. The molecule has 80 valence electrons. The number of nitrogens with zero attached hydrogens (tertiary/aromatic N) is 1. The molecular weight excluding hydrogens is 160 g/mol. The SMILES string of the molecule is CCC(N)C(C)(CC)N(CC)CC. The predicted octanol–water partition coefficient (Wildman–Crippen LogP) is 2.23. The molecule has 0 spiro atoms. The minimum Gasteiger partial charge on any atom is -0.326 e. The summed E-state index contributed by atoms with van der Waals surface area (Å²) >= 11 is 0. The monoisotopic (exact) mass is 186 g/mol. The van der Waals surface area contributed by atoms with Gasteiger partial charge in [-0.05, 0) is 32.9 Å². The molecule has 0 heterocycles. The molecule has 13 heavy (non-hydrogen) atoms. The van der Waals surface area contributed by atoms with Gasteiger partial charge in [0.2, 0.25) is 0 Å². The average Bonchev–Trinajstić information content (AvgIpc) is 2.17. The third-order valence-electron chi connectivity index (χ3n) is 3.44. The Morgan fingerprint density at radius 3 is 1.85 bits per heavy atom. The van der Waals surface area contributed by atoms with E-state index in [1.807, 2.05) is 0 Å². The van der Waals surface area contributed by atoms with Crippen LogP contribution in [0.3, 0.4) is 0 Å². The van der Waals surface area contributed by atoms with Gasteiger partial charge >= 0.3 is 0 Å². The zero-order valence-electron chi connectivity index (χ0n) is 9.93. The molecule has 0 fully saturated rings. The van der Waals surface area contributed by atoms with Gasteiger partial charge in [0.05, 0.1) is 0 Å². The van der Waals surface area contributed by atoms with Crippen LogP contribution in [0.1, 0.15) is 47.5 Å². The Labute approximate surface area is 83.5 Å². The van der Waals surface area contributed by atoms with Crippen LogP contribution in [0, 0.1) is 0 Å². The van der Waals surface area contributed by atoms with Crippen molar-refractivity contribution in [2.45, 2.75) is 59.0 Å². The number of rotatable bonds is 6. The van der Waals surface area contributed by atoms with Crippen LogP contribution < -0.4 is 5.73 Å². The minimum absolute atomic E-state index is 0.179. The fraction of sp³-hybridized carbons (Fsp3) is 1.00. The lowest BCUT2D eigenvalue weighted by atomic mass is 9.86. The first-order chi connectivity index (χ1) is 6.06. The molecule has 0 aromatic rings. The molecule has 0 aliphatic carbocycles. The van der Waals surface area contributed by atoms with Crippen LogP contribution in [0.4, 0.5) is 0 Å². The predicted molar refractivity (Wildman–Crippen MR) is 59.9 cm³/mol. The molecule has 2 unspecified atom stereocenters. The average molecular weight is 186 g/mol. The Bertz CT molecular complexity index is 132. The Balaban J connectivity index is 4.57. The second-order valence-electron chi connectivity index (χ2n) is 3.90. The van der Waals surface area contributed by atoms with Gasteiger partial charge in [0.15, 0.2) is 0 Å². The van der Waals surface area contributed by atoms with Crippen molar-refractivity contribution >= 4 is 0 Å². The molecule has 0 amide bonds. The molecule has 2 atom stereocenters. The molecule has 0 saturated heterocycles. The first-order valence-electron chi connectivity index (χ1n) is 5.57. The summed E-state index contributed by atoms with van der Waals surface area (Å²) in [6.07, 6.45) is 2.19. The first-order valence-corrected chi connectivity index (χ1v) is 5.57. The summed E-state index contributed by atoms with van der Waals surface area (Å²) in [5, 5.41) is 0. The van der Waals surface area contributed by atoms with E-state index in [9.17, 15) is 0 Å². The van der Waals surface area contributed by atoms with Crippen LogP contribution >= 0.6 is 0 Å². The molecule has 0 radical (unpaired) electrons. The van der Waals surface area contributed by atoms with E-state index in [-0.39, 0.29) is 11.6 Å². The van der Waals surface area contributed by atoms with Crippen molar-refractivity contribution in [2.24, 2.45) is 5.73 Å². The zero-order valence-corrected chi connectivity index (χ0v) is 9.93. The molecule has 0 aliphatic heterocycles. The van der Waals surface area contributed by atoms with Gasteiger partial charge in [-0.1, -0.05) is 27.7 Å². The van der Waals surface area contributed by atoms with E-state index in [1.54, 1.807) is 0 Å². The van der Waals surface area contributed by atoms with Crippen molar-refractivity contribution in [3.8, 4) is 0 Å². The van der Waals surface area contributed by atoms with E-state index < -0.39 is 0 Å². The van der Waals surface area contributed by atoms with Crippen molar-refractivity contribution in [2.75, 3.05) is 13.1 Å². The van der Waals surface area contributed by atoms with Crippen LogP contribution in [-0.2, 0) is 0 Å². The Morgan fingerprint density at radius 1 is 1.15 bits per heavy atom. The highest BCUT2D eigenvalue weighted by molar-refractivity contribution is 4.93. The molecule has 2 heteroatoms. The van der Waals surface area contributed by atoms with Crippen molar-refractivity contribution < 1.29 is 0 Å². The topological polar surface area (TPSA) is 29.3 Å². The lowest BCUT2D eigenvalue weighted by Gasteiger charge is -2.44. The first kappa shape index (κ1) is 12.9. The number of hydrogen-bond donors (Lipinski definition) is 1. The Morgan fingerprint density at radius 2 is 1.62 bits per heavy atom. The van der Waals surface area contributed by atoms with E-state index >= 15 is 0 Å². The lowest BCUT2D eigenvalue weighted by Crippen LogP contribution is -2.57. The van der Waals surface area contributed by atoms with Gasteiger partial charge in [-0.3, -0.25) is 4.90 Å². The van der Waals surface area contributed by atoms with Crippen molar-refractivity contribution in [3.05, 3.63) is 0 Å². The van der Waals surface area contributed by atoms with E-state index in [2.05, 4.69) is 39.5 Å². The van der Waals surface area contributed by atoms with Gasteiger partial charge < -0.3 is 5.73 Å². The fourth-order valence-corrected chi connectivity index (χ4v) is 2.11. The quantitative estimate of drug-likeness (QED) is 0.689. The van der Waals surface area contributed by atoms with Crippen LogP contribution in [0.5, 0.6) is 0 Å². The van der Waals surface area contributed by atoms with Crippen LogP contribution in [0.2, 0.25) is 0 Å². The standard InChI is InChI=1S/C11H26N2/c1-6-10(12)11(5,7-2)13(8-3)9-4/h10H,6-9,12H2,1-5H3. The van der Waals surface area contributed by atoms with Crippen LogP contribution in [0.15, 0.2) is 0 Å². The van der Waals surface area contributed by atoms with Crippen molar-refractivity contribution in [3.63, 3.8) is 0 Å². The highest BCUT2D eigenvalue weighted by atomic mass is 15.2. The third kappa shape index (κ3) is 2.68. The molecule has 0 rings (SSSR count). The number of hydrogen-bond acceptors (Lipinski definition) is 2. The maximum Gasteiger partial charge on any atom is 0.0329 e. The van der Waals surface area contributed by atoms with Crippen molar-refractivity contribution in [1.29, 1.82) is 0 Å². The lowest BCUT2D eigenvalue weighted by molar-refractivity contribution is 0.0831. The van der Waals surface area contributed by atoms with Gasteiger partial charge in [0, 0.05) is 11.6 Å². The largest absolute Gasteiger partial charge is 0.326 e. The highest BCUT2D eigenvalue weighted by Gasteiger charge is 2.33. The molecule has 0 aromatic heterocycles. The molecule has 2 nitrogen and oxygen atoms in total. The van der Waals surface area contributed by atoms with Gasteiger partial charge in [-0.15, -0.1) is 0 Å². The summed E-state index contributed by atoms with van der Waals surface area (Å²) in [4.78, 5) is 2.47. The second-order valence-corrected chi connectivity index (χ2v) is 3.90. The summed E-state index contributed by atoms with van der Waals surface area (Å²) < 4.78 is 0. The summed E-state index contributed by atoms with van der Waals surface area (Å²) in [5.41, 5.74) is 6.35. The summed E-state index contributed by atoms with van der Waals surface area (Å²) in [7, 11) is 0. The molecule has 0 bridgehead atoms. The molecule has 0 saturated carbocycles.